The van der Waals surface area contributed by atoms with Crippen molar-refractivity contribution in [2.75, 3.05) is 13.7 Å². The first kappa shape index (κ1) is 12.7. The van der Waals surface area contributed by atoms with Crippen LogP contribution in [0.15, 0.2) is 24.3 Å². The van der Waals surface area contributed by atoms with E-state index in [9.17, 15) is 4.79 Å². The Balaban J connectivity index is 1.77. The standard InChI is InChI=1S/C14H18O4/c1-3-17-14(15)10-8-13(9-10)18-12-6-4-11(16-2)5-7-12/h4-7,10,13H,3,8-9H2,1-2H3/t10-,13-. The lowest BCUT2D eigenvalue weighted by atomic mass is 9.82. The molecular formula is C14H18O4. The predicted molar refractivity (Wildman–Crippen MR) is 66.8 cm³/mol. The first-order chi connectivity index (χ1) is 8.72. The first-order valence-corrected chi connectivity index (χ1v) is 6.20. The van der Waals surface area contributed by atoms with Crippen LogP contribution >= 0.6 is 0 Å². The number of rotatable bonds is 5. The van der Waals surface area contributed by atoms with Crippen molar-refractivity contribution in [2.24, 2.45) is 5.92 Å². The second-order valence-corrected chi connectivity index (χ2v) is 4.34. The number of esters is 1. The van der Waals surface area contributed by atoms with E-state index in [-0.39, 0.29) is 18.0 Å². The molecule has 0 N–H and O–H groups in total. The fourth-order valence-corrected chi connectivity index (χ4v) is 1.96. The van der Waals surface area contributed by atoms with Crippen molar-refractivity contribution < 1.29 is 19.0 Å². The molecule has 18 heavy (non-hydrogen) atoms. The van der Waals surface area contributed by atoms with Gasteiger partial charge >= 0.3 is 5.97 Å². The van der Waals surface area contributed by atoms with Crippen molar-refractivity contribution in [1.29, 1.82) is 0 Å². The minimum absolute atomic E-state index is 0.00759. The maximum atomic E-state index is 11.4. The van der Waals surface area contributed by atoms with Gasteiger partial charge in [0.05, 0.1) is 19.6 Å². The first-order valence-electron chi connectivity index (χ1n) is 6.20. The average Bonchev–Trinajstić information content (AvgIpc) is 2.34. The molecular weight excluding hydrogens is 232 g/mol. The number of benzene rings is 1. The van der Waals surface area contributed by atoms with Crippen LogP contribution in [0.5, 0.6) is 11.5 Å². The molecule has 0 aromatic heterocycles. The average molecular weight is 250 g/mol. The Morgan fingerprint density at radius 3 is 2.39 bits per heavy atom. The molecule has 0 amide bonds. The zero-order chi connectivity index (χ0) is 13.0. The lowest BCUT2D eigenvalue weighted by Gasteiger charge is -2.33. The van der Waals surface area contributed by atoms with Crippen molar-refractivity contribution in [3.63, 3.8) is 0 Å². The van der Waals surface area contributed by atoms with Crippen molar-refractivity contribution in [2.45, 2.75) is 25.9 Å². The Kier molecular flexibility index (Phi) is 4.07. The quantitative estimate of drug-likeness (QED) is 0.753. The zero-order valence-electron chi connectivity index (χ0n) is 10.7. The molecule has 1 aromatic carbocycles. The van der Waals surface area contributed by atoms with Gasteiger partial charge in [0.1, 0.15) is 17.6 Å². The van der Waals surface area contributed by atoms with Gasteiger partial charge in [-0.15, -0.1) is 0 Å². The molecule has 0 atom stereocenters. The molecule has 0 aliphatic heterocycles. The van der Waals surface area contributed by atoms with Gasteiger partial charge in [-0.1, -0.05) is 0 Å². The summed E-state index contributed by atoms with van der Waals surface area (Å²) < 4.78 is 15.8. The summed E-state index contributed by atoms with van der Waals surface area (Å²) in [5.74, 6) is 1.52. The Morgan fingerprint density at radius 1 is 1.22 bits per heavy atom. The summed E-state index contributed by atoms with van der Waals surface area (Å²) in [5, 5.41) is 0. The molecule has 1 aromatic rings. The molecule has 98 valence electrons. The Bertz CT molecular complexity index is 393. The van der Waals surface area contributed by atoms with Gasteiger partial charge in [-0.05, 0) is 44.0 Å². The van der Waals surface area contributed by atoms with Gasteiger partial charge in [0, 0.05) is 0 Å². The van der Waals surface area contributed by atoms with E-state index < -0.39 is 0 Å². The third-order valence-corrected chi connectivity index (χ3v) is 3.08. The van der Waals surface area contributed by atoms with Gasteiger partial charge in [0.15, 0.2) is 0 Å². The van der Waals surface area contributed by atoms with E-state index in [0.29, 0.717) is 6.61 Å². The summed E-state index contributed by atoms with van der Waals surface area (Å²) in [6.07, 6.45) is 1.60. The van der Waals surface area contributed by atoms with Gasteiger partial charge in [0.2, 0.25) is 0 Å². The van der Waals surface area contributed by atoms with Gasteiger partial charge in [-0.25, -0.2) is 0 Å². The molecule has 4 nitrogen and oxygen atoms in total. The number of hydrogen-bond acceptors (Lipinski definition) is 4. The fraction of sp³-hybridized carbons (Fsp3) is 0.500. The number of methoxy groups -OCH3 is 1. The highest BCUT2D eigenvalue weighted by Gasteiger charge is 2.37. The van der Waals surface area contributed by atoms with E-state index in [1.54, 1.807) is 7.11 Å². The Labute approximate surface area is 107 Å². The van der Waals surface area contributed by atoms with Crippen LogP contribution in [-0.2, 0) is 9.53 Å². The number of hydrogen-bond donors (Lipinski definition) is 0. The molecule has 0 unspecified atom stereocenters. The lowest BCUT2D eigenvalue weighted by Crippen LogP contribution is -2.39. The highest BCUT2D eigenvalue weighted by Crippen LogP contribution is 2.32. The molecule has 0 spiro atoms. The van der Waals surface area contributed by atoms with Crippen LogP contribution in [0.4, 0.5) is 0 Å². The Hall–Kier alpha value is -1.71. The topological polar surface area (TPSA) is 44.8 Å². The molecule has 1 saturated carbocycles. The number of carbonyl (C=O) groups excluding carboxylic acids is 1. The SMILES string of the molecule is CCOC(=O)[C@H]1C[C@H](Oc2ccc(OC)cc2)C1. The fourth-order valence-electron chi connectivity index (χ4n) is 1.96. The van der Waals surface area contributed by atoms with E-state index in [0.717, 1.165) is 24.3 Å². The molecule has 0 radical (unpaired) electrons. The highest BCUT2D eigenvalue weighted by atomic mass is 16.5. The third kappa shape index (κ3) is 2.94. The third-order valence-electron chi connectivity index (χ3n) is 3.08. The summed E-state index contributed by atoms with van der Waals surface area (Å²) in [7, 11) is 1.63. The monoisotopic (exact) mass is 250 g/mol. The minimum Gasteiger partial charge on any atom is -0.497 e. The molecule has 1 aliphatic rings. The Morgan fingerprint density at radius 2 is 1.83 bits per heavy atom. The van der Waals surface area contributed by atoms with Crippen LogP contribution < -0.4 is 9.47 Å². The lowest BCUT2D eigenvalue weighted by molar-refractivity contribution is -0.154. The van der Waals surface area contributed by atoms with E-state index in [1.165, 1.54) is 0 Å². The molecule has 4 heteroatoms. The largest absolute Gasteiger partial charge is 0.497 e. The van der Waals surface area contributed by atoms with Crippen LogP contribution in [0.1, 0.15) is 19.8 Å². The molecule has 0 saturated heterocycles. The van der Waals surface area contributed by atoms with E-state index >= 15 is 0 Å². The van der Waals surface area contributed by atoms with Crippen molar-refractivity contribution >= 4 is 5.97 Å². The van der Waals surface area contributed by atoms with Gasteiger partial charge in [-0.2, -0.15) is 0 Å². The van der Waals surface area contributed by atoms with E-state index in [4.69, 9.17) is 14.2 Å². The van der Waals surface area contributed by atoms with Gasteiger partial charge < -0.3 is 14.2 Å². The van der Waals surface area contributed by atoms with E-state index in [2.05, 4.69) is 0 Å². The summed E-state index contributed by atoms with van der Waals surface area (Å²) >= 11 is 0. The van der Waals surface area contributed by atoms with Crippen molar-refractivity contribution in [3.8, 4) is 11.5 Å². The van der Waals surface area contributed by atoms with Gasteiger partial charge in [-0.3, -0.25) is 4.79 Å². The van der Waals surface area contributed by atoms with Crippen LogP contribution in [0.25, 0.3) is 0 Å². The summed E-state index contributed by atoms with van der Waals surface area (Å²) in [6.45, 7) is 2.27. The normalized spacial score (nSPS) is 21.9. The molecule has 0 heterocycles. The highest BCUT2D eigenvalue weighted by molar-refractivity contribution is 5.73. The van der Waals surface area contributed by atoms with Crippen LogP contribution in [-0.4, -0.2) is 25.8 Å². The molecule has 1 aliphatic carbocycles. The minimum atomic E-state index is -0.105. The van der Waals surface area contributed by atoms with E-state index in [1.807, 2.05) is 31.2 Å². The van der Waals surface area contributed by atoms with Gasteiger partial charge in [0.25, 0.3) is 0 Å². The van der Waals surface area contributed by atoms with Crippen molar-refractivity contribution in [3.05, 3.63) is 24.3 Å². The van der Waals surface area contributed by atoms with Crippen molar-refractivity contribution in [1.82, 2.24) is 0 Å². The second-order valence-electron chi connectivity index (χ2n) is 4.34. The smallest absolute Gasteiger partial charge is 0.309 e. The molecule has 0 bridgehead atoms. The molecule has 2 rings (SSSR count). The van der Waals surface area contributed by atoms with Crippen LogP contribution in [0.3, 0.4) is 0 Å². The molecule has 1 fully saturated rings. The predicted octanol–water partition coefficient (Wildman–Crippen LogP) is 2.42. The van der Waals surface area contributed by atoms with Crippen LogP contribution in [0.2, 0.25) is 0 Å². The summed E-state index contributed by atoms with van der Waals surface area (Å²) in [5.41, 5.74) is 0. The number of carbonyl (C=O) groups is 1. The maximum Gasteiger partial charge on any atom is 0.309 e. The second kappa shape index (κ2) is 5.76. The van der Waals surface area contributed by atoms with Crippen LogP contribution in [0, 0.1) is 5.92 Å². The zero-order valence-corrected chi connectivity index (χ0v) is 10.7. The maximum absolute atomic E-state index is 11.4. The summed E-state index contributed by atoms with van der Waals surface area (Å²) in [6, 6.07) is 7.46. The number of ether oxygens (including phenoxy) is 3. The summed E-state index contributed by atoms with van der Waals surface area (Å²) in [4.78, 5) is 11.4.